The van der Waals surface area contributed by atoms with E-state index in [0.717, 1.165) is 24.2 Å². The number of fused-ring (bicyclic) bond motifs is 1. The topological polar surface area (TPSA) is 52.0 Å². The second-order valence-electron chi connectivity index (χ2n) is 6.05. The van der Waals surface area contributed by atoms with Gasteiger partial charge in [-0.05, 0) is 38.3 Å². The van der Waals surface area contributed by atoms with E-state index >= 15 is 0 Å². The Bertz CT molecular complexity index is 791. The smallest absolute Gasteiger partial charge is 0.177 e. The molecule has 4 nitrogen and oxygen atoms in total. The Morgan fingerprint density at radius 3 is 2.62 bits per heavy atom. The molecule has 6 heteroatoms. The lowest BCUT2D eigenvalue weighted by Crippen LogP contribution is -2.38. The first kappa shape index (κ1) is 14.9. The maximum Gasteiger partial charge on any atom is 0.177 e. The largest absolute Gasteiger partial charge is 0.322 e. The molecule has 114 valence electrons. The summed E-state index contributed by atoms with van der Waals surface area (Å²) in [4.78, 5) is 4.92. The van der Waals surface area contributed by atoms with Gasteiger partial charge in [0, 0.05) is 24.1 Å². The van der Waals surface area contributed by atoms with Crippen LogP contribution in [0.3, 0.4) is 0 Å². The Labute approximate surface area is 130 Å². The molecule has 1 aliphatic rings. The van der Waals surface area contributed by atoms with Crippen molar-refractivity contribution in [3.8, 4) is 0 Å². The van der Waals surface area contributed by atoms with E-state index in [-0.39, 0.29) is 5.54 Å². The van der Waals surface area contributed by atoms with E-state index in [4.69, 9.17) is 11.6 Å². The molecular formula is C15H19ClN2O2S. The van der Waals surface area contributed by atoms with Gasteiger partial charge in [0.25, 0.3) is 0 Å². The number of hydrogen-bond acceptors (Lipinski definition) is 3. The number of halogens is 1. The van der Waals surface area contributed by atoms with Crippen LogP contribution < -0.4 is 0 Å². The van der Waals surface area contributed by atoms with Crippen LogP contribution in [-0.2, 0) is 21.8 Å². The van der Waals surface area contributed by atoms with Crippen molar-refractivity contribution >= 4 is 32.5 Å². The van der Waals surface area contributed by atoms with Crippen LogP contribution in [-0.4, -0.2) is 30.1 Å². The van der Waals surface area contributed by atoms with Crippen molar-refractivity contribution < 1.29 is 8.42 Å². The molecule has 0 radical (unpaired) electrons. The lowest BCUT2D eigenvalue weighted by atomic mass is 9.78. The normalized spacial score (nSPS) is 17.9. The van der Waals surface area contributed by atoms with Gasteiger partial charge in [0.2, 0.25) is 0 Å². The summed E-state index contributed by atoms with van der Waals surface area (Å²) in [5.74, 6) is 1.37. The summed E-state index contributed by atoms with van der Waals surface area (Å²) in [7, 11) is -3.29. The first-order valence-corrected chi connectivity index (χ1v) is 9.56. The van der Waals surface area contributed by atoms with Crippen LogP contribution in [0.5, 0.6) is 0 Å². The molecule has 0 aliphatic heterocycles. The van der Waals surface area contributed by atoms with E-state index in [1.165, 1.54) is 12.7 Å². The Morgan fingerprint density at radius 1 is 1.38 bits per heavy atom. The van der Waals surface area contributed by atoms with Crippen molar-refractivity contribution in [3.05, 3.63) is 24.0 Å². The van der Waals surface area contributed by atoms with Crippen LogP contribution >= 0.6 is 11.6 Å². The van der Waals surface area contributed by atoms with Gasteiger partial charge in [-0.1, -0.05) is 6.07 Å². The Morgan fingerprint density at radius 2 is 2.10 bits per heavy atom. The molecule has 1 fully saturated rings. The number of sulfone groups is 1. The summed E-state index contributed by atoms with van der Waals surface area (Å²) < 4.78 is 26.2. The summed E-state index contributed by atoms with van der Waals surface area (Å²) in [5, 5.41) is 0. The highest BCUT2D eigenvalue weighted by Crippen LogP contribution is 2.42. The third-order valence-corrected chi connectivity index (χ3v) is 5.72. The quantitative estimate of drug-likeness (QED) is 0.811. The van der Waals surface area contributed by atoms with Crippen LogP contribution in [0.4, 0.5) is 0 Å². The van der Waals surface area contributed by atoms with Gasteiger partial charge in [0.15, 0.2) is 9.84 Å². The average Bonchev–Trinajstić information content (AvgIpc) is 2.73. The highest BCUT2D eigenvalue weighted by atomic mass is 35.5. The van der Waals surface area contributed by atoms with Crippen LogP contribution in [0.15, 0.2) is 23.1 Å². The van der Waals surface area contributed by atoms with Crippen molar-refractivity contribution in [2.45, 2.75) is 43.0 Å². The van der Waals surface area contributed by atoms with Crippen molar-refractivity contribution in [2.24, 2.45) is 0 Å². The minimum Gasteiger partial charge on any atom is -0.322 e. The van der Waals surface area contributed by atoms with Crippen molar-refractivity contribution in [1.29, 1.82) is 0 Å². The second-order valence-corrected chi connectivity index (χ2v) is 8.41. The van der Waals surface area contributed by atoms with E-state index in [1.807, 2.05) is 6.07 Å². The lowest BCUT2D eigenvalue weighted by molar-refractivity contribution is 0.170. The molecule has 0 saturated heterocycles. The summed E-state index contributed by atoms with van der Waals surface area (Å²) in [5.41, 5.74) is 1.51. The zero-order valence-electron chi connectivity index (χ0n) is 12.3. The van der Waals surface area contributed by atoms with Crippen LogP contribution in [0.1, 0.15) is 32.0 Å². The fourth-order valence-electron chi connectivity index (χ4n) is 3.19. The molecule has 1 heterocycles. The van der Waals surface area contributed by atoms with Gasteiger partial charge in [0.1, 0.15) is 11.3 Å². The first-order valence-electron chi connectivity index (χ1n) is 7.14. The minimum atomic E-state index is -3.29. The maximum absolute atomic E-state index is 12.0. The van der Waals surface area contributed by atoms with E-state index in [1.54, 1.807) is 12.1 Å². The second kappa shape index (κ2) is 4.99. The van der Waals surface area contributed by atoms with Gasteiger partial charge < -0.3 is 4.57 Å². The van der Waals surface area contributed by atoms with Gasteiger partial charge in [-0.3, -0.25) is 0 Å². The number of para-hydroxylation sites is 1. The molecule has 0 atom stereocenters. The number of benzene rings is 1. The molecule has 1 aliphatic carbocycles. The predicted octanol–water partition coefficient (Wildman–Crippen LogP) is 3.12. The molecule has 3 rings (SSSR count). The molecular weight excluding hydrogens is 308 g/mol. The van der Waals surface area contributed by atoms with Crippen molar-refractivity contribution in [1.82, 2.24) is 9.55 Å². The number of aromatic nitrogens is 2. The van der Waals surface area contributed by atoms with E-state index in [9.17, 15) is 8.42 Å². The Balaban J connectivity index is 2.32. The summed E-state index contributed by atoms with van der Waals surface area (Å²) in [6, 6.07) is 5.38. The fraction of sp³-hybridized carbons (Fsp3) is 0.533. The van der Waals surface area contributed by atoms with E-state index < -0.39 is 9.84 Å². The predicted molar refractivity (Wildman–Crippen MR) is 84.8 cm³/mol. The maximum atomic E-state index is 12.0. The minimum absolute atomic E-state index is 0.0340. The van der Waals surface area contributed by atoms with Gasteiger partial charge in [0.05, 0.1) is 10.4 Å². The standard InChI is InChI=1S/C15H19ClN2O2S/c1-15(8-4-9-15)18-11-5-3-6-12(21(2,19)20)14(11)17-13(18)7-10-16/h3,5-6H,4,7-10H2,1-2H3. The first-order chi connectivity index (χ1) is 9.87. The molecule has 1 saturated carbocycles. The number of rotatable bonds is 4. The molecule has 0 amide bonds. The fourth-order valence-corrected chi connectivity index (χ4v) is 4.18. The average molecular weight is 327 g/mol. The van der Waals surface area contributed by atoms with Crippen LogP contribution in [0, 0.1) is 0 Å². The van der Waals surface area contributed by atoms with E-state index in [0.29, 0.717) is 22.7 Å². The molecule has 21 heavy (non-hydrogen) atoms. The SMILES string of the molecule is CC1(n2c(CCCl)nc3c(S(C)(=O)=O)cccc32)CCC1. The third-order valence-electron chi connectivity index (χ3n) is 4.41. The number of hydrogen-bond donors (Lipinski definition) is 0. The third kappa shape index (κ3) is 2.36. The summed E-state index contributed by atoms with van der Waals surface area (Å²) in [6.07, 6.45) is 5.26. The Kier molecular flexibility index (Phi) is 3.53. The molecule has 1 aromatic heterocycles. The molecule has 0 spiro atoms. The Hall–Kier alpha value is -1.07. The van der Waals surface area contributed by atoms with Crippen LogP contribution in [0.2, 0.25) is 0 Å². The van der Waals surface area contributed by atoms with Crippen LogP contribution in [0.25, 0.3) is 11.0 Å². The zero-order valence-corrected chi connectivity index (χ0v) is 13.8. The molecule has 2 aromatic rings. The molecule has 1 aromatic carbocycles. The number of aryl methyl sites for hydroxylation is 1. The number of nitrogens with zero attached hydrogens (tertiary/aromatic N) is 2. The molecule has 0 bridgehead atoms. The van der Waals surface area contributed by atoms with Gasteiger partial charge in [-0.15, -0.1) is 11.6 Å². The van der Waals surface area contributed by atoms with Gasteiger partial charge in [-0.2, -0.15) is 0 Å². The van der Waals surface area contributed by atoms with Crippen molar-refractivity contribution in [2.75, 3.05) is 12.1 Å². The number of alkyl halides is 1. The summed E-state index contributed by atoms with van der Waals surface area (Å²) in [6.45, 7) is 2.21. The van der Waals surface area contributed by atoms with Gasteiger partial charge in [-0.25, -0.2) is 13.4 Å². The lowest BCUT2D eigenvalue weighted by Gasteiger charge is -2.41. The van der Waals surface area contributed by atoms with Crippen molar-refractivity contribution in [3.63, 3.8) is 0 Å². The van der Waals surface area contributed by atoms with Gasteiger partial charge >= 0.3 is 0 Å². The molecule has 0 N–H and O–H groups in total. The number of imidazole rings is 1. The molecule has 0 unspecified atom stereocenters. The highest BCUT2D eigenvalue weighted by molar-refractivity contribution is 7.91. The van der Waals surface area contributed by atoms with E-state index in [2.05, 4.69) is 16.5 Å². The highest BCUT2D eigenvalue weighted by Gasteiger charge is 2.37. The zero-order chi connectivity index (χ0) is 15.3. The summed E-state index contributed by atoms with van der Waals surface area (Å²) >= 11 is 5.91. The monoisotopic (exact) mass is 326 g/mol.